The SMILES string of the molecule is CCc1nc(NCC2(c3ccccc3)CCN(C)CC2)c2cnn(C)c2n1. The van der Waals surface area contributed by atoms with Gasteiger partial charge in [0.2, 0.25) is 0 Å². The monoisotopic (exact) mass is 364 g/mol. The van der Waals surface area contributed by atoms with Gasteiger partial charge < -0.3 is 10.2 Å². The molecule has 1 aliphatic rings. The fourth-order valence-electron chi connectivity index (χ4n) is 4.02. The zero-order valence-corrected chi connectivity index (χ0v) is 16.4. The van der Waals surface area contributed by atoms with Gasteiger partial charge in [0, 0.05) is 25.4 Å². The minimum atomic E-state index is 0.125. The van der Waals surface area contributed by atoms with Crippen LogP contribution in [0, 0.1) is 0 Å². The molecular weight excluding hydrogens is 336 g/mol. The van der Waals surface area contributed by atoms with Crippen molar-refractivity contribution in [2.24, 2.45) is 7.05 Å². The van der Waals surface area contributed by atoms with Crippen LogP contribution in [0.5, 0.6) is 0 Å². The van der Waals surface area contributed by atoms with Crippen molar-refractivity contribution < 1.29 is 0 Å². The van der Waals surface area contributed by atoms with Crippen molar-refractivity contribution in [3.05, 3.63) is 47.9 Å². The summed E-state index contributed by atoms with van der Waals surface area (Å²) in [6.07, 6.45) is 4.95. The van der Waals surface area contributed by atoms with E-state index in [9.17, 15) is 0 Å². The first kappa shape index (κ1) is 17.9. The molecule has 6 heteroatoms. The van der Waals surface area contributed by atoms with Crippen LogP contribution < -0.4 is 5.32 Å². The highest BCUT2D eigenvalue weighted by Crippen LogP contribution is 2.36. The van der Waals surface area contributed by atoms with Gasteiger partial charge in [-0.3, -0.25) is 4.68 Å². The van der Waals surface area contributed by atoms with E-state index in [-0.39, 0.29) is 5.41 Å². The third kappa shape index (κ3) is 3.41. The second-order valence-electron chi connectivity index (χ2n) is 7.65. The Morgan fingerprint density at radius 3 is 2.52 bits per heavy atom. The van der Waals surface area contributed by atoms with E-state index in [1.807, 2.05) is 17.9 Å². The van der Waals surface area contributed by atoms with Crippen LogP contribution in [-0.4, -0.2) is 51.3 Å². The first-order chi connectivity index (χ1) is 13.1. The second kappa shape index (κ2) is 7.27. The molecule has 1 N–H and O–H groups in total. The third-order valence-corrected chi connectivity index (χ3v) is 5.88. The van der Waals surface area contributed by atoms with Crippen LogP contribution in [0.3, 0.4) is 0 Å². The number of hydrogen-bond donors (Lipinski definition) is 1. The van der Waals surface area contributed by atoms with Gasteiger partial charge in [0.15, 0.2) is 5.65 Å². The molecule has 0 amide bonds. The maximum atomic E-state index is 4.77. The van der Waals surface area contributed by atoms with Crippen LogP contribution in [-0.2, 0) is 18.9 Å². The molecule has 0 unspecified atom stereocenters. The molecule has 6 nitrogen and oxygen atoms in total. The van der Waals surface area contributed by atoms with Crippen molar-refractivity contribution in [1.82, 2.24) is 24.6 Å². The topological polar surface area (TPSA) is 58.9 Å². The summed E-state index contributed by atoms with van der Waals surface area (Å²) >= 11 is 0. The maximum absolute atomic E-state index is 4.77. The Morgan fingerprint density at radius 1 is 1.07 bits per heavy atom. The highest BCUT2D eigenvalue weighted by molar-refractivity contribution is 5.86. The lowest BCUT2D eigenvalue weighted by atomic mass is 9.72. The second-order valence-corrected chi connectivity index (χ2v) is 7.65. The smallest absolute Gasteiger partial charge is 0.163 e. The highest BCUT2D eigenvalue weighted by Gasteiger charge is 2.35. The number of aromatic nitrogens is 4. The van der Waals surface area contributed by atoms with Crippen molar-refractivity contribution in [3.8, 4) is 0 Å². The van der Waals surface area contributed by atoms with Crippen molar-refractivity contribution in [2.75, 3.05) is 32.0 Å². The lowest BCUT2D eigenvalue weighted by Gasteiger charge is -2.41. The average molecular weight is 364 g/mol. The number of benzene rings is 1. The Balaban J connectivity index is 1.66. The molecule has 0 saturated carbocycles. The molecule has 1 aromatic carbocycles. The van der Waals surface area contributed by atoms with Gasteiger partial charge in [0.05, 0.1) is 11.6 Å². The standard InChI is InChI=1S/C21H28N6/c1-4-18-24-19(17-14-23-27(3)20(17)25-18)22-15-21(10-12-26(2)13-11-21)16-8-6-5-7-9-16/h5-9,14H,4,10-13,15H2,1-3H3,(H,22,24,25). The Labute approximate surface area is 160 Å². The number of anilines is 1. The highest BCUT2D eigenvalue weighted by atomic mass is 15.3. The molecule has 0 aliphatic carbocycles. The van der Waals surface area contributed by atoms with Gasteiger partial charge in [-0.05, 0) is 38.5 Å². The van der Waals surface area contributed by atoms with E-state index in [1.54, 1.807) is 0 Å². The van der Waals surface area contributed by atoms with Gasteiger partial charge in [0.1, 0.15) is 11.6 Å². The predicted molar refractivity (Wildman–Crippen MR) is 109 cm³/mol. The van der Waals surface area contributed by atoms with E-state index >= 15 is 0 Å². The van der Waals surface area contributed by atoms with Gasteiger partial charge in [-0.15, -0.1) is 0 Å². The van der Waals surface area contributed by atoms with Crippen LogP contribution in [0.4, 0.5) is 5.82 Å². The first-order valence-electron chi connectivity index (χ1n) is 9.78. The zero-order valence-electron chi connectivity index (χ0n) is 16.4. The van der Waals surface area contributed by atoms with Crippen LogP contribution >= 0.6 is 0 Å². The maximum Gasteiger partial charge on any atom is 0.163 e. The van der Waals surface area contributed by atoms with Gasteiger partial charge in [-0.2, -0.15) is 5.10 Å². The van der Waals surface area contributed by atoms with E-state index in [1.165, 1.54) is 5.56 Å². The largest absolute Gasteiger partial charge is 0.368 e. The normalized spacial score (nSPS) is 17.3. The molecule has 27 heavy (non-hydrogen) atoms. The number of likely N-dealkylation sites (tertiary alicyclic amines) is 1. The first-order valence-corrected chi connectivity index (χ1v) is 9.78. The molecule has 142 valence electrons. The van der Waals surface area contributed by atoms with Crippen LogP contribution in [0.1, 0.15) is 31.2 Å². The lowest BCUT2D eigenvalue weighted by molar-refractivity contribution is 0.195. The summed E-state index contributed by atoms with van der Waals surface area (Å²) in [6.45, 7) is 5.19. The molecule has 1 aliphatic heterocycles. The van der Waals surface area contributed by atoms with Crippen LogP contribution in [0.2, 0.25) is 0 Å². The number of rotatable bonds is 5. The van der Waals surface area contributed by atoms with E-state index in [2.05, 4.69) is 64.6 Å². The van der Waals surface area contributed by atoms with Crippen LogP contribution in [0.25, 0.3) is 11.0 Å². The van der Waals surface area contributed by atoms with E-state index < -0.39 is 0 Å². The third-order valence-electron chi connectivity index (χ3n) is 5.88. The quantitative estimate of drug-likeness (QED) is 0.754. The van der Waals surface area contributed by atoms with Gasteiger partial charge in [-0.25, -0.2) is 9.97 Å². The molecular formula is C21H28N6. The van der Waals surface area contributed by atoms with Gasteiger partial charge >= 0.3 is 0 Å². The summed E-state index contributed by atoms with van der Waals surface area (Å²) in [5.41, 5.74) is 2.43. The van der Waals surface area contributed by atoms with E-state index in [4.69, 9.17) is 4.98 Å². The molecule has 0 radical (unpaired) electrons. The molecule has 2 aromatic heterocycles. The molecule has 1 saturated heterocycles. The minimum Gasteiger partial charge on any atom is -0.368 e. The summed E-state index contributed by atoms with van der Waals surface area (Å²) in [5.74, 6) is 1.75. The number of nitrogens with one attached hydrogen (secondary N) is 1. The number of piperidine rings is 1. The molecule has 1 fully saturated rings. The fourth-order valence-corrected chi connectivity index (χ4v) is 4.02. The van der Waals surface area contributed by atoms with Crippen molar-refractivity contribution in [2.45, 2.75) is 31.6 Å². The number of fused-ring (bicyclic) bond motifs is 1. The minimum absolute atomic E-state index is 0.125. The lowest BCUT2D eigenvalue weighted by Crippen LogP contribution is -2.45. The fraction of sp³-hybridized carbons (Fsp3) is 0.476. The predicted octanol–water partition coefficient (Wildman–Crippen LogP) is 3.00. The van der Waals surface area contributed by atoms with Gasteiger partial charge in [0.25, 0.3) is 0 Å². The average Bonchev–Trinajstić information content (AvgIpc) is 3.09. The molecule has 3 aromatic rings. The Morgan fingerprint density at radius 2 is 1.81 bits per heavy atom. The molecule has 0 spiro atoms. The summed E-state index contributed by atoms with van der Waals surface area (Å²) in [5, 5.41) is 9.05. The number of nitrogens with zero attached hydrogens (tertiary/aromatic N) is 5. The van der Waals surface area contributed by atoms with E-state index in [0.717, 1.165) is 61.6 Å². The zero-order chi connectivity index (χ0) is 18.9. The molecule has 3 heterocycles. The summed E-state index contributed by atoms with van der Waals surface area (Å²) in [4.78, 5) is 11.8. The molecule has 0 atom stereocenters. The summed E-state index contributed by atoms with van der Waals surface area (Å²) in [7, 11) is 4.14. The van der Waals surface area contributed by atoms with Crippen molar-refractivity contribution in [3.63, 3.8) is 0 Å². The summed E-state index contributed by atoms with van der Waals surface area (Å²) in [6, 6.07) is 10.9. The number of hydrogen-bond acceptors (Lipinski definition) is 5. The Bertz CT molecular complexity index is 909. The van der Waals surface area contributed by atoms with Crippen LogP contribution in [0.15, 0.2) is 36.5 Å². The van der Waals surface area contributed by atoms with Gasteiger partial charge in [-0.1, -0.05) is 37.3 Å². The molecule has 4 rings (SSSR count). The number of aryl methyl sites for hydroxylation is 2. The van der Waals surface area contributed by atoms with Crippen molar-refractivity contribution >= 4 is 16.9 Å². The Kier molecular flexibility index (Phi) is 4.83. The molecule has 0 bridgehead atoms. The Hall–Kier alpha value is -2.47. The summed E-state index contributed by atoms with van der Waals surface area (Å²) < 4.78 is 1.82. The van der Waals surface area contributed by atoms with Crippen molar-refractivity contribution in [1.29, 1.82) is 0 Å². The van der Waals surface area contributed by atoms with E-state index in [0.29, 0.717) is 0 Å².